The molecule has 0 aromatic heterocycles. The van der Waals surface area contributed by atoms with Gasteiger partial charge in [0.2, 0.25) is 0 Å². The Morgan fingerprint density at radius 1 is 0.323 bits per heavy atom. The van der Waals surface area contributed by atoms with Crippen LogP contribution in [0.15, 0.2) is 72.9 Å². The Morgan fingerprint density at radius 2 is 0.600 bits per heavy atom. The maximum Gasteiger partial charge on any atom is 0.306 e. The number of carbonyl (C=O) groups excluding carboxylic acids is 3. The highest BCUT2D eigenvalue weighted by Gasteiger charge is 2.19. The van der Waals surface area contributed by atoms with Crippen LogP contribution in [0.5, 0.6) is 0 Å². The Kier molecular flexibility index (Phi) is 50.9. The van der Waals surface area contributed by atoms with Crippen molar-refractivity contribution >= 4 is 17.9 Å². The van der Waals surface area contributed by atoms with Gasteiger partial charge in [0.1, 0.15) is 13.2 Å². The van der Waals surface area contributed by atoms with Crippen LogP contribution in [0, 0.1) is 0 Å². The molecule has 0 heterocycles. The second kappa shape index (κ2) is 53.5. The normalized spacial score (nSPS) is 12.6. The van der Waals surface area contributed by atoms with Gasteiger partial charge >= 0.3 is 17.9 Å². The molecule has 0 saturated heterocycles. The predicted octanol–water partition coefficient (Wildman–Crippen LogP) is 18.2. The lowest BCUT2D eigenvalue weighted by molar-refractivity contribution is -0.167. The van der Waals surface area contributed by atoms with Crippen LogP contribution in [0.1, 0.15) is 265 Å². The van der Waals surface area contributed by atoms with Crippen molar-refractivity contribution in [2.45, 2.75) is 271 Å². The lowest BCUT2D eigenvalue weighted by Gasteiger charge is -2.18. The molecule has 0 N–H and O–H groups in total. The second-order valence-electron chi connectivity index (χ2n) is 18.1. The summed E-state index contributed by atoms with van der Waals surface area (Å²) in [7, 11) is 0. The van der Waals surface area contributed by atoms with Crippen molar-refractivity contribution in [3.8, 4) is 0 Å². The first-order valence-corrected chi connectivity index (χ1v) is 27.4. The second-order valence-corrected chi connectivity index (χ2v) is 18.1. The van der Waals surface area contributed by atoms with Crippen LogP contribution in [-0.4, -0.2) is 37.2 Å². The Bertz CT molecular complexity index is 1230. The predicted molar refractivity (Wildman–Crippen MR) is 279 cm³/mol. The topological polar surface area (TPSA) is 78.9 Å². The molecule has 1 atom stereocenters. The van der Waals surface area contributed by atoms with Crippen molar-refractivity contribution in [1.29, 1.82) is 0 Å². The van der Waals surface area contributed by atoms with Gasteiger partial charge in [-0.05, 0) is 109 Å². The molecule has 0 spiro atoms. The fraction of sp³-hybridized carbons (Fsp3) is 0.746. The molecule has 0 fully saturated rings. The summed E-state index contributed by atoms with van der Waals surface area (Å²) in [4.78, 5) is 38.1. The Morgan fingerprint density at radius 3 is 1.00 bits per heavy atom. The summed E-state index contributed by atoms with van der Waals surface area (Å²) in [6.07, 6.45) is 67.4. The first-order valence-electron chi connectivity index (χ1n) is 27.4. The highest BCUT2D eigenvalue weighted by atomic mass is 16.6. The van der Waals surface area contributed by atoms with E-state index >= 15 is 0 Å². The molecular weight excluding hydrogens is 805 g/mol. The van der Waals surface area contributed by atoms with E-state index in [0.29, 0.717) is 19.3 Å². The summed E-state index contributed by atoms with van der Waals surface area (Å²) in [5.41, 5.74) is 0. The molecule has 0 bridgehead atoms. The van der Waals surface area contributed by atoms with Gasteiger partial charge < -0.3 is 14.2 Å². The SMILES string of the molecule is CC/C=C\C/C=C\C/C=C\CCCCCCCCC(=O)OC(COC(=O)CCCCC/C=C\CCCCCCCCC)COC(=O)CCCCCCCCC/C=C\C/C=C\CCCCC. The summed E-state index contributed by atoms with van der Waals surface area (Å²) in [5, 5.41) is 0. The van der Waals surface area contributed by atoms with Crippen LogP contribution >= 0.6 is 0 Å². The van der Waals surface area contributed by atoms with E-state index < -0.39 is 6.10 Å². The van der Waals surface area contributed by atoms with Gasteiger partial charge in [-0.2, -0.15) is 0 Å². The molecular formula is C59H102O6. The van der Waals surface area contributed by atoms with Gasteiger partial charge in [-0.1, -0.05) is 209 Å². The van der Waals surface area contributed by atoms with Crippen molar-refractivity contribution in [3.05, 3.63) is 72.9 Å². The van der Waals surface area contributed by atoms with Crippen molar-refractivity contribution in [3.63, 3.8) is 0 Å². The largest absolute Gasteiger partial charge is 0.462 e. The Labute approximate surface area is 402 Å². The summed E-state index contributed by atoms with van der Waals surface area (Å²) in [6.45, 7) is 6.48. The molecule has 6 nitrogen and oxygen atoms in total. The maximum absolute atomic E-state index is 12.8. The molecule has 0 rings (SSSR count). The monoisotopic (exact) mass is 907 g/mol. The fourth-order valence-corrected chi connectivity index (χ4v) is 7.54. The number of hydrogen-bond donors (Lipinski definition) is 0. The molecule has 1 unspecified atom stereocenters. The zero-order chi connectivity index (χ0) is 47.2. The number of unbranched alkanes of at least 4 members (excludes halogenated alkanes) is 26. The van der Waals surface area contributed by atoms with Gasteiger partial charge in [0.05, 0.1) is 0 Å². The maximum atomic E-state index is 12.8. The third-order valence-corrected chi connectivity index (χ3v) is 11.7. The minimum absolute atomic E-state index is 0.0895. The molecule has 65 heavy (non-hydrogen) atoms. The van der Waals surface area contributed by atoms with E-state index in [1.54, 1.807) is 0 Å². The number of allylic oxidation sites excluding steroid dienone is 12. The number of carbonyl (C=O) groups is 3. The quantitative estimate of drug-likeness (QED) is 0.0262. The standard InChI is InChI=1S/C59H102O6/c1-4-7-10-13-16-19-22-25-28-30-32-34-37-40-43-46-49-52-58(61)64-55-56(54-63-57(60)51-48-45-42-39-36-33-27-24-21-18-15-12-9-6-3)65-59(62)53-50-47-44-41-38-35-31-29-26-23-20-17-14-11-8-5-2/h8,11,16-17,19-20,25-26,28-29,33,36,56H,4-7,9-10,12-15,18,21-24,27,30-32,34-35,37-55H2,1-3H3/b11-8-,19-16-,20-17-,28-25-,29-26-,36-33-. The van der Waals surface area contributed by atoms with Crippen molar-refractivity contribution in [2.75, 3.05) is 13.2 Å². The fourth-order valence-electron chi connectivity index (χ4n) is 7.54. The third kappa shape index (κ3) is 51.7. The van der Waals surface area contributed by atoms with Crippen molar-refractivity contribution in [1.82, 2.24) is 0 Å². The van der Waals surface area contributed by atoms with E-state index in [2.05, 4.69) is 93.7 Å². The molecule has 6 heteroatoms. The highest BCUT2D eigenvalue weighted by Crippen LogP contribution is 2.14. The number of rotatable bonds is 49. The minimum atomic E-state index is -0.792. The molecule has 0 aliphatic carbocycles. The van der Waals surface area contributed by atoms with Crippen molar-refractivity contribution < 1.29 is 28.6 Å². The molecule has 374 valence electrons. The van der Waals surface area contributed by atoms with Gasteiger partial charge in [-0.3, -0.25) is 14.4 Å². The van der Waals surface area contributed by atoms with E-state index in [1.807, 2.05) is 0 Å². The van der Waals surface area contributed by atoms with E-state index in [9.17, 15) is 14.4 Å². The average molecular weight is 907 g/mol. The van der Waals surface area contributed by atoms with Crippen LogP contribution in [0.25, 0.3) is 0 Å². The molecule has 0 aliphatic heterocycles. The Hall–Kier alpha value is -3.15. The van der Waals surface area contributed by atoms with E-state index in [4.69, 9.17) is 14.2 Å². The Balaban J connectivity index is 4.43. The van der Waals surface area contributed by atoms with Crippen LogP contribution in [0.2, 0.25) is 0 Å². The van der Waals surface area contributed by atoms with E-state index in [1.165, 1.54) is 109 Å². The van der Waals surface area contributed by atoms with E-state index in [0.717, 1.165) is 116 Å². The summed E-state index contributed by atoms with van der Waals surface area (Å²) >= 11 is 0. The molecule has 0 aromatic carbocycles. The molecule has 0 amide bonds. The minimum Gasteiger partial charge on any atom is -0.462 e. The zero-order valence-corrected chi connectivity index (χ0v) is 42.7. The lowest BCUT2D eigenvalue weighted by Crippen LogP contribution is -2.30. The van der Waals surface area contributed by atoms with E-state index in [-0.39, 0.29) is 31.1 Å². The molecule has 0 radical (unpaired) electrons. The number of esters is 3. The van der Waals surface area contributed by atoms with Gasteiger partial charge in [0.15, 0.2) is 6.10 Å². The van der Waals surface area contributed by atoms with Crippen LogP contribution in [-0.2, 0) is 28.6 Å². The molecule has 0 aromatic rings. The smallest absolute Gasteiger partial charge is 0.306 e. The molecule has 0 saturated carbocycles. The first kappa shape index (κ1) is 61.9. The highest BCUT2D eigenvalue weighted by molar-refractivity contribution is 5.71. The third-order valence-electron chi connectivity index (χ3n) is 11.7. The number of ether oxygens (including phenoxy) is 3. The van der Waals surface area contributed by atoms with Crippen LogP contribution < -0.4 is 0 Å². The van der Waals surface area contributed by atoms with Crippen LogP contribution in [0.3, 0.4) is 0 Å². The summed E-state index contributed by atoms with van der Waals surface area (Å²) in [5.74, 6) is -0.921. The summed E-state index contributed by atoms with van der Waals surface area (Å²) in [6, 6.07) is 0. The van der Waals surface area contributed by atoms with Crippen LogP contribution in [0.4, 0.5) is 0 Å². The first-order chi connectivity index (χ1) is 32.0. The van der Waals surface area contributed by atoms with Gasteiger partial charge in [-0.15, -0.1) is 0 Å². The molecule has 0 aliphatic rings. The van der Waals surface area contributed by atoms with Crippen molar-refractivity contribution in [2.24, 2.45) is 0 Å². The number of hydrogen-bond acceptors (Lipinski definition) is 6. The van der Waals surface area contributed by atoms with Gasteiger partial charge in [0, 0.05) is 19.3 Å². The lowest BCUT2D eigenvalue weighted by atomic mass is 10.1. The van der Waals surface area contributed by atoms with Gasteiger partial charge in [-0.25, -0.2) is 0 Å². The van der Waals surface area contributed by atoms with Gasteiger partial charge in [0.25, 0.3) is 0 Å². The average Bonchev–Trinajstić information content (AvgIpc) is 3.30. The summed E-state index contributed by atoms with van der Waals surface area (Å²) < 4.78 is 16.8. The zero-order valence-electron chi connectivity index (χ0n) is 42.7.